The zero-order chi connectivity index (χ0) is 16.1. The summed E-state index contributed by atoms with van der Waals surface area (Å²) in [7, 11) is 0. The average molecular weight is 335 g/mol. The van der Waals surface area contributed by atoms with Crippen molar-refractivity contribution in [2.45, 2.75) is 12.5 Å². The van der Waals surface area contributed by atoms with Crippen molar-refractivity contribution >= 4 is 23.8 Å². The van der Waals surface area contributed by atoms with E-state index >= 15 is 0 Å². The van der Waals surface area contributed by atoms with E-state index in [1.807, 2.05) is 23.1 Å². The van der Waals surface area contributed by atoms with Crippen LogP contribution in [0.4, 0.5) is 4.79 Å². The van der Waals surface area contributed by atoms with Crippen molar-refractivity contribution in [3.8, 4) is 5.75 Å². The predicted octanol–water partition coefficient (Wildman–Crippen LogP) is 1.38. The Morgan fingerprint density at radius 3 is 2.57 bits per heavy atom. The van der Waals surface area contributed by atoms with Crippen LogP contribution in [0.15, 0.2) is 30.3 Å². The Morgan fingerprint density at radius 1 is 1.09 bits per heavy atom. The van der Waals surface area contributed by atoms with Crippen LogP contribution in [0.2, 0.25) is 0 Å². The van der Waals surface area contributed by atoms with Gasteiger partial charge in [0.25, 0.3) is 0 Å². The molecule has 1 N–H and O–H groups in total. The molecule has 124 valence electrons. The molecule has 1 aromatic carbocycles. The summed E-state index contributed by atoms with van der Waals surface area (Å²) < 4.78 is 5.37. The van der Waals surface area contributed by atoms with E-state index in [0.29, 0.717) is 31.9 Å². The summed E-state index contributed by atoms with van der Waals surface area (Å²) in [6.07, 6.45) is 0.426. The quantitative estimate of drug-likeness (QED) is 0.885. The molecule has 6 nitrogen and oxygen atoms in total. The third kappa shape index (κ3) is 4.17. The van der Waals surface area contributed by atoms with Crippen LogP contribution < -0.4 is 10.1 Å². The molecule has 2 heterocycles. The molecular weight excluding hydrogens is 314 g/mol. The van der Waals surface area contributed by atoms with E-state index in [-0.39, 0.29) is 18.0 Å². The Kier molecular flexibility index (Phi) is 5.40. The van der Waals surface area contributed by atoms with E-state index in [4.69, 9.17) is 4.74 Å². The first kappa shape index (κ1) is 16.1. The molecule has 2 amide bonds. The van der Waals surface area contributed by atoms with Crippen molar-refractivity contribution in [1.82, 2.24) is 15.1 Å². The molecule has 0 aromatic heterocycles. The number of ether oxygens (including phenoxy) is 1. The van der Waals surface area contributed by atoms with Crippen LogP contribution in [-0.4, -0.2) is 65.7 Å². The lowest BCUT2D eigenvalue weighted by Crippen LogP contribution is -2.46. The summed E-state index contributed by atoms with van der Waals surface area (Å²) in [6, 6.07) is 8.98. The van der Waals surface area contributed by atoms with Gasteiger partial charge in [-0.05, 0) is 18.6 Å². The number of thioether (sulfide) groups is 1. The average Bonchev–Trinajstić information content (AvgIpc) is 2.99. The van der Waals surface area contributed by atoms with Crippen LogP contribution in [0, 0.1) is 0 Å². The molecule has 0 spiro atoms. The van der Waals surface area contributed by atoms with Gasteiger partial charge in [0.05, 0.1) is 6.04 Å². The lowest BCUT2D eigenvalue weighted by molar-refractivity contribution is -0.132. The van der Waals surface area contributed by atoms with Gasteiger partial charge in [0.1, 0.15) is 5.75 Å². The SMILES string of the molecule is O=C(Oc1ccccc1)N1CCCN(C(=O)C2CSCN2)CC1. The van der Waals surface area contributed by atoms with Crippen LogP contribution in [0.5, 0.6) is 5.75 Å². The molecule has 0 radical (unpaired) electrons. The lowest BCUT2D eigenvalue weighted by atomic mass is 10.2. The smallest absolute Gasteiger partial charge is 0.410 e. The summed E-state index contributed by atoms with van der Waals surface area (Å²) in [4.78, 5) is 28.2. The summed E-state index contributed by atoms with van der Waals surface area (Å²) in [6.45, 7) is 2.38. The van der Waals surface area contributed by atoms with Crippen LogP contribution in [0.1, 0.15) is 6.42 Å². The number of nitrogens with zero attached hydrogens (tertiary/aromatic N) is 2. The van der Waals surface area contributed by atoms with Gasteiger partial charge in [-0.2, -0.15) is 0 Å². The van der Waals surface area contributed by atoms with Gasteiger partial charge < -0.3 is 14.5 Å². The van der Waals surface area contributed by atoms with E-state index in [9.17, 15) is 9.59 Å². The number of rotatable bonds is 2. The van der Waals surface area contributed by atoms with Crippen LogP contribution >= 0.6 is 11.8 Å². The zero-order valence-electron chi connectivity index (χ0n) is 12.9. The Balaban J connectivity index is 1.53. The highest BCUT2D eigenvalue weighted by Crippen LogP contribution is 2.15. The minimum atomic E-state index is -0.347. The molecule has 1 aromatic rings. The highest BCUT2D eigenvalue weighted by Gasteiger charge is 2.29. The second kappa shape index (κ2) is 7.70. The molecule has 2 aliphatic heterocycles. The van der Waals surface area contributed by atoms with Crippen LogP contribution in [-0.2, 0) is 4.79 Å². The molecule has 3 rings (SSSR count). The first-order chi connectivity index (χ1) is 11.2. The van der Waals surface area contributed by atoms with E-state index < -0.39 is 0 Å². The molecule has 2 aliphatic rings. The number of benzene rings is 1. The Labute approximate surface area is 140 Å². The van der Waals surface area contributed by atoms with Crippen LogP contribution in [0.25, 0.3) is 0 Å². The molecule has 7 heteroatoms. The van der Waals surface area contributed by atoms with E-state index in [0.717, 1.165) is 18.1 Å². The van der Waals surface area contributed by atoms with Crippen molar-refractivity contribution in [3.63, 3.8) is 0 Å². The molecule has 1 atom stereocenters. The summed E-state index contributed by atoms with van der Waals surface area (Å²) >= 11 is 1.74. The van der Waals surface area contributed by atoms with Crippen molar-refractivity contribution in [2.75, 3.05) is 37.8 Å². The normalized spacial score (nSPS) is 21.8. The summed E-state index contributed by atoms with van der Waals surface area (Å²) in [5.74, 6) is 2.35. The third-order valence-corrected chi connectivity index (χ3v) is 4.97. The maximum absolute atomic E-state index is 12.4. The number of nitrogens with one attached hydrogen (secondary N) is 1. The maximum atomic E-state index is 12.4. The number of amides is 2. The van der Waals surface area contributed by atoms with Gasteiger partial charge in [-0.3, -0.25) is 10.1 Å². The summed E-state index contributed by atoms with van der Waals surface area (Å²) in [5.41, 5.74) is 0. The second-order valence-electron chi connectivity index (χ2n) is 5.62. The summed E-state index contributed by atoms with van der Waals surface area (Å²) in [5, 5.41) is 3.21. The monoisotopic (exact) mass is 335 g/mol. The molecule has 2 saturated heterocycles. The van der Waals surface area contributed by atoms with Gasteiger partial charge in [-0.25, -0.2) is 4.79 Å². The highest BCUT2D eigenvalue weighted by atomic mass is 32.2. The molecule has 0 saturated carbocycles. The minimum absolute atomic E-state index is 0.0807. The zero-order valence-corrected chi connectivity index (χ0v) is 13.8. The van der Waals surface area contributed by atoms with Crippen molar-refractivity contribution in [1.29, 1.82) is 0 Å². The van der Waals surface area contributed by atoms with Gasteiger partial charge in [0.2, 0.25) is 5.91 Å². The van der Waals surface area contributed by atoms with Crippen molar-refractivity contribution in [3.05, 3.63) is 30.3 Å². The van der Waals surface area contributed by atoms with Gasteiger partial charge in [-0.15, -0.1) is 11.8 Å². The number of hydrogen-bond acceptors (Lipinski definition) is 5. The topological polar surface area (TPSA) is 61.9 Å². The number of carbonyl (C=O) groups excluding carboxylic acids is 2. The Morgan fingerprint density at radius 2 is 1.83 bits per heavy atom. The largest absolute Gasteiger partial charge is 0.415 e. The lowest BCUT2D eigenvalue weighted by Gasteiger charge is -2.24. The number of para-hydroxylation sites is 1. The number of carbonyl (C=O) groups is 2. The van der Waals surface area contributed by atoms with Gasteiger partial charge in [0.15, 0.2) is 0 Å². The molecule has 23 heavy (non-hydrogen) atoms. The van der Waals surface area contributed by atoms with Crippen LogP contribution in [0.3, 0.4) is 0 Å². The molecular formula is C16H21N3O3S. The fourth-order valence-corrected chi connectivity index (χ4v) is 3.68. The minimum Gasteiger partial charge on any atom is -0.410 e. The fourth-order valence-electron chi connectivity index (χ4n) is 2.75. The van der Waals surface area contributed by atoms with E-state index in [2.05, 4.69) is 5.32 Å². The predicted molar refractivity (Wildman–Crippen MR) is 89.5 cm³/mol. The number of hydrogen-bond donors (Lipinski definition) is 1. The highest BCUT2D eigenvalue weighted by molar-refractivity contribution is 7.99. The van der Waals surface area contributed by atoms with E-state index in [1.165, 1.54) is 0 Å². The molecule has 0 bridgehead atoms. The fraction of sp³-hybridized carbons (Fsp3) is 0.500. The molecule has 0 aliphatic carbocycles. The molecule has 2 fully saturated rings. The molecule has 1 unspecified atom stereocenters. The van der Waals surface area contributed by atoms with Gasteiger partial charge >= 0.3 is 6.09 Å². The first-order valence-electron chi connectivity index (χ1n) is 7.86. The first-order valence-corrected chi connectivity index (χ1v) is 9.01. The second-order valence-corrected chi connectivity index (χ2v) is 6.65. The van der Waals surface area contributed by atoms with Gasteiger partial charge in [-0.1, -0.05) is 18.2 Å². The third-order valence-electron chi connectivity index (χ3n) is 4.03. The Hall–Kier alpha value is -1.73. The maximum Gasteiger partial charge on any atom is 0.415 e. The van der Waals surface area contributed by atoms with Crippen molar-refractivity contribution < 1.29 is 14.3 Å². The van der Waals surface area contributed by atoms with Gasteiger partial charge in [0, 0.05) is 37.8 Å². The van der Waals surface area contributed by atoms with E-state index in [1.54, 1.807) is 28.8 Å². The van der Waals surface area contributed by atoms with Crippen molar-refractivity contribution in [2.24, 2.45) is 0 Å². The Bertz CT molecular complexity index is 549. The standard InChI is InChI=1S/C16H21N3O3S/c20-15(14-11-23-12-17-14)18-7-4-8-19(10-9-18)16(21)22-13-5-2-1-3-6-13/h1-3,5-6,14,17H,4,7-12H2.